The van der Waals surface area contributed by atoms with Gasteiger partial charge in [-0.15, -0.1) is 0 Å². The SMILES string of the molecule is COc1ccnc(C(=O)NC2O[C@H](CO)CC2OC(C)(C)O)c1O. The molecule has 0 aliphatic carbocycles. The van der Waals surface area contributed by atoms with E-state index in [0.717, 1.165) is 0 Å². The molecule has 3 atom stereocenters. The van der Waals surface area contributed by atoms with Gasteiger partial charge in [0, 0.05) is 18.7 Å². The molecule has 0 aromatic carbocycles. The van der Waals surface area contributed by atoms with Gasteiger partial charge in [0.15, 0.2) is 29.2 Å². The smallest absolute Gasteiger partial charge is 0.275 e. The summed E-state index contributed by atoms with van der Waals surface area (Å²) in [5.74, 6) is -2.41. The Labute approximate surface area is 139 Å². The number of hydrogen-bond donors (Lipinski definition) is 4. The van der Waals surface area contributed by atoms with Crippen LogP contribution in [0.1, 0.15) is 30.8 Å². The zero-order valence-electron chi connectivity index (χ0n) is 13.7. The van der Waals surface area contributed by atoms with Crippen LogP contribution < -0.4 is 10.1 Å². The van der Waals surface area contributed by atoms with Gasteiger partial charge < -0.3 is 34.8 Å². The van der Waals surface area contributed by atoms with Crippen LogP contribution in [-0.2, 0) is 9.47 Å². The second kappa shape index (κ2) is 7.31. The number of carbonyl (C=O) groups excluding carboxylic acids is 1. The predicted octanol–water partition coefficient (Wildman–Crippen LogP) is -0.254. The first-order chi connectivity index (χ1) is 11.2. The average Bonchev–Trinajstić information content (AvgIpc) is 2.87. The number of nitrogens with zero attached hydrogens (tertiary/aromatic N) is 1. The highest BCUT2D eigenvalue weighted by Crippen LogP contribution is 2.29. The summed E-state index contributed by atoms with van der Waals surface area (Å²) in [5, 5.41) is 31.6. The summed E-state index contributed by atoms with van der Waals surface area (Å²) in [4.78, 5) is 16.2. The molecule has 1 amide bonds. The van der Waals surface area contributed by atoms with Gasteiger partial charge in [-0.3, -0.25) is 4.79 Å². The highest BCUT2D eigenvalue weighted by molar-refractivity contribution is 5.95. The van der Waals surface area contributed by atoms with E-state index in [4.69, 9.17) is 14.2 Å². The lowest BCUT2D eigenvalue weighted by atomic mass is 10.2. The van der Waals surface area contributed by atoms with Crippen molar-refractivity contribution in [3.05, 3.63) is 18.0 Å². The number of pyridine rings is 1. The Morgan fingerprint density at radius 2 is 2.25 bits per heavy atom. The molecule has 9 nitrogen and oxygen atoms in total. The van der Waals surface area contributed by atoms with Crippen molar-refractivity contribution >= 4 is 5.91 Å². The van der Waals surface area contributed by atoms with E-state index >= 15 is 0 Å². The van der Waals surface area contributed by atoms with Crippen molar-refractivity contribution in [2.45, 2.75) is 44.5 Å². The van der Waals surface area contributed by atoms with E-state index in [-0.39, 0.29) is 18.1 Å². The lowest BCUT2D eigenvalue weighted by molar-refractivity contribution is -0.216. The van der Waals surface area contributed by atoms with Gasteiger partial charge in [-0.25, -0.2) is 4.98 Å². The molecule has 0 spiro atoms. The Hall–Kier alpha value is -1.94. The molecule has 2 heterocycles. The van der Waals surface area contributed by atoms with Gasteiger partial charge >= 0.3 is 0 Å². The fraction of sp³-hybridized carbons (Fsp3) is 0.600. The zero-order chi connectivity index (χ0) is 17.9. The lowest BCUT2D eigenvalue weighted by Gasteiger charge is -2.27. The molecule has 4 N–H and O–H groups in total. The molecule has 9 heteroatoms. The first-order valence-corrected chi connectivity index (χ1v) is 7.44. The summed E-state index contributed by atoms with van der Waals surface area (Å²) in [7, 11) is 1.36. The second-order valence-corrected chi connectivity index (χ2v) is 5.88. The first kappa shape index (κ1) is 18.4. The van der Waals surface area contributed by atoms with Gasteiger partial charge in [0.2, 0.25) is 0 Å². The Morgan fingerprint density at radius 1 is 1.54 bits per heavy atom. The predicted molar refractivity (Wildman–Crippen MR) is 81.5 cm³/mol. The van der Waals surface area contributed by atoms with Crippen LogP contribution in [0.15, 0.2) is 12.3 Å². The lowest BCUT2D eigenvalue weighted by Crippen LogP contribution is -2.45. The van der Waals surface area contributed by atoms with E-state index in [1.807, 2.05) is 0 Å². The average molecular weight is 342 g/mol. The summed E-state index contributed by atoms with van der Waals surface area (Å²) in [6.07, 6.45) is -0.491. The van der Waals surface area contributed by atoms with Gasteiger partial charge in [-0.05, 0) is 13.8 Å². The quantitative estimate of drug-likeness (QED) is 0.521. The standard InChI is InChI=1S/C15H22N2O7/c1-15(2,21)24-10-6-8(7-18)23-14(10)17-13(20)11-12(19)9(22-3)4-5-16-11/h4-5,8,10,14,18-19,21H,6-7H2,1-3H3,(H,17,20)/t8-,10?,14?/m0/s1. The largest absolute Gasteiger partial charge is 0.503 e. The van der Waals surface area contributed by atoms with Gasteiger partial charge in [0.05, 0.1) is 19.8 Å². The van der Waals surface area contributed by atoms with Crippen LogP contribution >= 0.6 is 0 Å². The summed E-state index contributed by atoms with van der Waals surface area (Å²) < 4.78 is 15.9. The van der Waals surface area contributed by atoms with E-state index in [0.29, 0.717) is 6.42 Å². The van der Waals surface area contributed by atoms with Crippen molar-refractivity contribution in [1.29, 1.82) is 0 Å². The van der Waals surface area contributed by atoms with E-state index in [1.54, 1.807) is 0 Å². The number of carbonyl (C=O) groups is 1. The molecule has 1 aromatic rings. The molecule has 0 radical (unpaired) electrons. The van der Waals surface area contributed by atoms with Crippen molar-refractivity contribution in [2.24, 2.45) is 0 Å². The number of aliphatic hydroxyl groups is 2. The van der Waals surface area contributed by atoms with Crippen molar-refractivity contribution in [3.63, 3.8) is 0 Å². The van der Waals surface area contributed by atoms with Gasteiger partial charge in [0.1, 0.15) is 6.10 Å². The fourth-order valence-electron chi connectivity index (χ4n) is 2.42. The van der Waals surface area contributed by atoms with Gasteiger partial charge in [-0.1, -0.05) is 0 Å². The summed E-state index contributed by atoms with van der Waals surface area (Å²) in [6.45, 7) is 2.65. The van der Waals surface area contributed by atoms with Crippen LogP contribution in [0.4, 0.5) is 0 Å². The maximum atomic E-state index is 12.3. The highest BCUT2D eigenvalue weighted by atomic mass is 16.7. The fourth-order valence-corrected chi connectivity index (χ4v) is 2.42. The van der Waals surface area contributed by atoms with E-state index in [1.165, 1.54) is 33.2 Å². The van der Waals surface area contributed by atoms with Gasteiger partial charge in [-0.2, -0.15) is 0 Å². The topological polar surface area (TPSA) is 130 Å². The summed E-state index contributed by atoms with van der Waals surface area (Å²) >= 11 is 0. The molecule has 0 bridgehead atoms. The molecular weight excluding hydrogens is 320 g/mol. The van der Waals surface area contributed by atoms with Crippen LogP contribution in [0.3, 0.4) is 0 Å². The highest BCUT2D eigenvalue weighted by Gasteiger charge is 2.40. The number of nitrogens with one attached hydrogen (secondary N) is 1. The molecule has 2 unspecified atom stereocenters. The Morgan fingerprint density at radius 3 is 2.83 bits per heavy atom. The summed E-state index contributed by atoms with van der Waals surface area (Å²) in [5.41, 5.74) is -0.229. The Balaban J connectivity index is 2.14. The molecule has 1 fully saturated rings. The zero-order valence-corrected chi connectivity index (χ0v) is 13.7. The van der Waals surface area contributed by atoms with E-state index in [2.05, 4.69) is 10.3 Å². The number of ether oxygens (including phenoxy) is 3. The van der Waals surface area contributed by atoms with Crippen LogP contribution in [0.25, 0.3) is 0 Å². The third-order valence-electron chi connectivity index (χ3n) is 3.41. The van der Waals surface area contributed by atoms with Crippen LogP contribution in [0.2, 0.25) is 0 Å². The molecule has 2 rings (SSSR count). The molecule has 1 aromatic heterocycles. The van der Waals surface area contributed by atoms with Crippen LogP contribution in [-0.4, -0.2) is 64.2 Å². The minimum atomic E-state index is -1.43. The minimum absolute atomic E-state index is 0.111. The molecule has 0 saturated carbocycles. The Bertz CT molecular complexity index is 588. The molecule has 1 aliphatic rings. The van der Waals surface area contributed by atoms with Crippen molar-refractivity contribution in [3.8, 4) is 11.5 Å². The number of rotatable bonds is 6. The molecule has 1 saturated heterocycles. The number of hydrogen-bond acceptors (Lipinski definition) is 8. The maximum Gasteiger partial charge on any atom is 0.275 e. The third kappa shape index (κ3) is 4.32. The normalized spacial score (nSPS) is 24.0. The van der Waals surface area contributed by atoms with Crippen molar-refractivity contribution in [2.75, 3.05) is 13.7 Å². The van der Waals surface area contributed by atoms with E-state index in [9.17, 15) is 20.1 Å². The maximum absolute atomic E-state index is 12.3. The molecule has 1 aliphatic heterocycles. The van der Waals surface area contributed by atoms with E-state index < -0.39 is 35.9 Å². The number of aliphatic hydroxyl groups excluding tert-OH is 1. The first-order valence-electron chi connectivity index (χ1n) is 7.44. The van der Waals surface area contributed by atoms with Crippen molar-refractivity contribution < 1.29 is 34.3 Å². The monoisotopic (exact) mass is 342 g/mol. The van der Waals surface area contributed by atoms with Gasteiger partial charge in [0.25, 0.3) is 5.91 Å². The number of methoxy groups -OCH3 is 1. The van der Waals surface area contributed by atoms with Crippen molar-refractivity contribution in [1.82, 2.24) is 10.3 Å². The molecule has 24 heavy (non-hydrogen) atoms. The third-order valence-corrected chi connectivity index (χ3v) is 3.41. The molecule has 134 valence electrons. The number of amides is 1. The minimum Gasteiger partial charge on any atom is -0.503 e. The summed E-state index contributed by atoms with van der Waals surface area (Å²) in [6, 6.07) is 1.42. The second-order valence-electron chi connectivity index (χ2n) is 5.88. The van der Waals surface area contributed by atoms with Crippen LogP contribution in [0.5, 0.6) is 11.5 Å². The number of aromatic hydroxyl groups is 1. The Kier molecular flexibility index (Phi) is 5.60. The number of aromatic nitrogens is 1. The van der Waals surface area contributed by atoms with Crippen LogP contribution in [0, 0.1) is 0 Å². The molecular formula is C15H22N2O7.